The van der Waals surface area contributed by atoms with E-state index in [9.17, 15) is 0 Å². The molecule has 0 bridgehead atoms. The van der Waals surface area contributed by atoms with Crippen molar-refractivity contribution in [2.45, 2.75) is 18.3 Å². The largest absolute Gasteiger partial charge is 0.357 e. The Morgan fingerprint density at radius 3 is 2.35 bits per heavy atom. The van der Waals surface area contributed by atoms with E-state index in [0.29, 0.717) is 5.50 Å². The van der Waals surface area contributed by atoms with Crippen molar-refractivity contribution in [3.63, 3.8) is 0 Å². The average Bonchev–Trinajstić information content (AvgIpc) is 2.72. The molecule has 6 heteroatoms. The SMILES string of the molecule is CN1CCCN(C2N=C(N(C)C)SS2)CCC1. The molecule has 17 heavy (non-hydrogen) atoms. The quantitative estimate of drug-likeness (QED) is 0.676. The predicted molar refractivity (Wildman–Crippen MR) is 78.4 cm³/mol. The van der Waals surface area contributed by atoms with Crippen LogP contribution in [0, 0.1) is 0 Å². The molecule has 4 nitrogen and oxygen atoms in total. The van der Waals surface area contributed by atoms with Gasteiger partial charge in [0.1, 0.15) is 0 Å². The van der Waals surface area contributed by atoms with E-state index < -0.39 is 0 Å². The Morgan fingerprint density at radius 2 is 1.82 bits per heavy atom. The molecule has 0 aromatic heterocycles. The summed E-state index contributed by atoms with van der Waals surface area (Å²) < 4.78 is 0. The van der Waals surface area contributed by atoms with Gasteiger partial charge in [-0.05, 0) is 54.6 Å². The van der Waals surface area contributed by atoms with Gasteiger partial charge in [0.2, 0.25) is 0 Å². The summed E-state index contributed by atoms with van der Waals surface area (Å²) in [5, 5.41) is 1.15. The highest BCUT2D eigenvalue weighted by molar-refractivity contribution is 8.82. The summed E-state index contributed by atoms with van der Waals surface area (Å²) in [5.41, 5.74) is 0.334. The number of hydrogen-bond acceptors (Lipinski definition) is 6. The molecule has 0 aromatic carbocycles. The predicted octanol–water partition coefficient (Wildman–Crippen LogP) is 1.61. The van der Waals surface area contributed by atoms with Crippen molar-refractivity contribution in [1.82, 2.24) is 14.7 Å². The molecule has 0 saturated carbocycles. The summed E-state index contributed by atoms with van der Waals surface area (Å²) in [6, 6.07) is 0. The second-order valence-corrected chi connectivity index (χ2v) is 7.08. The first kappa shape index (κ1) is 13.5. The first-order valence-electron chi connectivity index (χ1n) is 6.18. The Labute approximate surface area is 112 Å². The first-order chi connectivity index (χ1) is 8.16. The van der Waals surface area contributed by atoms with Crippen LogP contribution in [0.3, 0.4) is 0 Å². The second kappa shape index (κ2) is 6.31. The van der Waals surface area contributed by atoms with Gasteiger partial charge >= 0.3 is 0 Å². The van der Waals surface area contributed by atoms with E-state index in [4.69, 9.17) is 4.99 Å². The van der Waals surface area contributed by atoms with Crippen LogP contribution in [-0.4, -0.2) is 72.7 Å². The number of amidine groups is 1. The minimum Gasteiger partial charge on any atom is -0.357 e. The summed E-state index contributed by atoms with van der Waals surface area (Å²) in [6.45, 7) is 4.77. The topological polar surface area (TPSA) is 22.1 Å². The van der Waals surface area contributed by atoms with Gasteiger partial charge in [0.05, 0.1) is 0 Å². The van der Waals surface area contributed by atoms with E-state index in [1.165, 1.54) is 39.0 Å². The zero-order valence-electron chi connectivity index (χ0n) is 10.9. The van der Waals surface area contributed by atoms with Crippen LogP contribution in [0.25, 0.3) is 0 Å². The molecule has 0 radical (unpaired) electrons. The van der Waals surface area contributed by atoms with Gasteiger partial charge in [0.25, 0.3) is 0 Å². The van der Waals surface area contributed by atoms with Gasteiger partial charge in [-0.25, -0.2) is 4.99 Å². The lowest BCUT2D eigenvalue weighted by Gasteiger charge is -2.30. The van der Waals surface area contributed by atoms with E-state index in [0.717, 1.165) is 5.17 Å². The van der Waals surface area contributed by atoms with Crippen LogP contribution in [-0.2, 0) is 0 Å². The third kappa shape index (κ3) is 3.77. The zero-order valence-corrected chi connectivity index (χ0v) is 12.6. The van der Waals surface area contributed by atoms with Crippen molar-refractivity contribution >= 4 is 26.8 Å². The molecule has 1 fully saturated rings. The smallest absolute Gasteiger partial charge is 0.172 e. The number of nitrogens with zero attached hydrogens (tertiary/aromatic N) is 4. The van der Waals surface area contributed by atoms with E-state index in [-0.39, 0.29) is 0 Å². The summed E-state index contributed by atoms with van der Waals surface area (Å²) in [4.78, 5) is 11.9. The molecule has 2 aliphatic heterocycles. The number of hydrogen-bond donors (Lipinski definition) is 0. The third-order valence-corrected chi connectivity index (χ3v) is 5.64. The highest BCUT2D eigenvalue weighted by Gasteiger charge is 2.26. The lowest BCUT2D eigenvalue weighted by molar-refractivity contribution is 0.194. The fourth-order valence-corrected chi connectivity index (χ4v) is 4.68. The van der Waals surface area contributed by atoms with Gasteiger partial charge < -0.3 is 9.80 Å². The maximum absolute atomic E-state index is 4.78. The molecule has 0 aliphatic carbocycles. The molecular formula is C11H22N4S2. The molecule has 0 N–H and O–H groups in total. The molecule has 2 aliphatic rings. The average molecular weight is 274 g/mol. The molecule has 98 valence electrons. The summed E-state index contributed by atoms with van der Waals surface area (Å²) >= 11 is 0. The summed E-state index contributed by atoms with van der Waals surface area (Å²) in [7, 11) is 10.0. The third-order valence-electron chi connectivity index (χ3n) is 3.09. The van der Waals surface area contributed by atoms with Crippen molar-refractivity contribution in [1.29, 1.82) is 0 Å². The number of rotatable bonds is 1. The van der Waals surface area contributed by atoms with E-state index in [1.807, 2.05) is 10.8 Å². The van der Waals surface area contributed by atoms with E-state index in [2.05, 4.69) is 35.8 Å². The monoisotopic (exact) mass is 274 g/mol. The fourth-order valence-electron chi connectivity index (χ4n) is 2.09. The van der Waals surface area contributed by atoms with Crippen LogP contribution in [0.1, 0.15) is 12.8 Å². The standard InChI is InChI=1S/C11H22N4S2/c1-13(2)10-12-11(17-16-10)15-8-4-6-14(3)7-5-9-15/h11H,4-9H2,1-3H3. The first-order valence-corrected chi connectivity index (χ1v) is 8.39. The lowest BCUT2D eigenvalue weighted by Crippen LogP contribution is -2.38. The van der Waals surface area contributed by atoms with Gasteiger partial charge in [-0.15, -0.1) is 0 Å². The van der Waals surface area contributed by atoms with Crippen LogP contribution in [0.5, 0.6) is 0 Å². The van der Waals surface area contributed by atoms with Gasteiger partial charge in [0.15, 0.2) is 10.7 Å². The molecule has 0 aromatic rings. The molecule has 2 rings (SSSR count). The van der Waals surface area contributed by atoms with E-state index >= 15 is 0 Å². The van der Waals surface area contributed by atoms with Crippen LogP contribution in [0.4, 0.5) is 0 Å². The lowest BCUT2D eigenvalue weighted by atomic mass is 10.2. The van der Waals surface area contributed by atoms with Gasteiger partial charge in [-0.2, -0.15) is 0 Å². The maximum Gasteiger partial charge on any atom is 0.172 e. The van der Waals surface area contributed by atoms with Crippen molar-refractivity contribution < 1.29 is 0 Å². The van der Waals surface area contributed by atoms with Crippen LogP contribution < -0.4 is 0 Å². The van der Waals surface area contributed by atoms with Crippen molar-refractivity contribution in [3.8, 4) is 0 Å². The highest BCUT2D eigenvalue weighted by Crippen LogP contribution is 2.38. The maximum atomic E-state index is 4.78. The fraction of sp³-hybridized carbons (Fsp3) is 0.909. The van der Waals surface area contributed by atoms with Crippen LogP contribution in [0.2, 0.25) is 0 Å². The van der Waals surface area contributed by atoms with Crippen LogP contribution >= 0.6 is 21.6 Å². The highest BCUT2D eigenvalue weighted by atomic mass is 33.1. The number of aliphatic imine (C=N–C) groups is 1. The molecule has 0 amide bonds. The molecule has 1 unspecified atom stereocenters. The Kier molecular flexibility index (Phi) is 5.02. The Morgan fingerprint density at radius 1 is 1.18 bits per heavy atom. The molecule has 1 saturated heterocycles. The Balaban J connectivity index is 1.89. The molecule has 0 spiro atoms. The van der Waals surface area contributed by atoms with E-state index in [1.54, 1.807) is 10.8 Å². The molecule has 1 atom stereocenters. The molecule has 2 heterocycles. The van der Waals surface area contributed by atoms with Crippen LogP contribution in [0.15, 0.2) is 4.99 Å². The zero-order chi connectivity index (χ0) is 12.3. The van der Waals surface area contributed by atoms with Crippen molar-refractivity contribution in [2.24, 2.45) is 4.99 Å². The minimum absolute atomic E-state index is 0.334. The molecular weight excluding hydrogens is 252 g/mol. The minimum atomic E-state index is 0.334. The van der Waals surface area contributed by atoms with Crippen molar-refractivity contribution in [2.75, 3.05) is 47.3 Å². The van der Waals surface area contributed by atoms with Gasteiger partial charge in [0, 0.05) is 27.2 Å². The van der Waals surface area contributed by atoms with Gasteiger partial charge in [-0.3, -0.25) is 4.90 Å². The second-order valence-electron chi connectivity index (χ2n) is 4.86. The van der Waals surface area contributed by atoms with Gasteiger partial charge in [-0.1, -0.05) is 0 Å². The van der Waals surface area contributed by atoms with Crippen molar-refractivity contribution in [3.05, 3.63) is 0 Å². The Hall–Kier alpha value is 0.0900. The summed E-state index contributed by atoms with van der Waals surface area (Å²) in [6.07, 6.45) is 2.51. The summed E-state index contributed by atoms with van der Waals surface area (Å²) in [5.74, 6) is 0. The Bertz CT molecular complexity index is 273. The normalized spacial score (nSPS) is 28.6.